The van der Waals surface area contributed by atoms with Gasteiger partial charge in [0, 0.05) is 12.1 Å². The average Bonchev–Trinajstić information content (AvgIpc) is 3.11. The summed E-state index contributed by atoms with van der Waals surface area (Å²) in [5.41, 5.74) is 0.734. The van der Waals surface area contributed by atoms with Gasteiger partial charge >= 0.3 is 6.09 Å². The monoisotopic (exact) mass is 384 g/mol. The lowest BCUT2D eigenvalue weighted by molar-refractivity contribution is -0.121. The van der Waals surface area contributed by atoms with E-state index >= 15 is 0 Å². The molecule has 1 aliphatic rings. The summed E-state index contributed by atoms with van der Waals surface area (Å²) in [5, 5.41) is 2.82. The maximum absolute atomic E-state index is 12.1. The Morgan fingerprint density at radius 3 is 2.61 bits per heavy atom. The molecular weight excluding hydrogens is 360 g/mol. The molecular formula is C21H24N2O5. The Bertz CT molecular complexity index is 779. The standard InChI is InChI=1S/C21H24N2O5/c1-26-17-11-9-16(10-12-17)23-15-19(28-21(23)25)14-22-20(24)8-5-13-27-18-6-3-2-4-7-18/h2-4,6-7,9-12,19H,5,8,13-15H2,1H3,(H,22,24). The van der Waals surface area contributed by atoms with Crippen molar-refractivity contribution in [2.75, 3.05) is 31.7 Å². The maximum atomic E-state index is 12.1. The number of benzene rings is 2. The fraction of sp³-hybridized carbons (Fsp3) is 0.333. The summed E-state index contributed by atoms with van der Waals surface area (Å²) in [6, 6.07) is 16.7. The number of hydrogen-bond acceptors (Lipinski definition) is 5. The number of anilines is 1. The summed E-state index contributed by atoms with van der Waals surface area (Å²) in [4.78, 5) is 25.6. The minimum absolute atomic E-state index is 0.0874. The van der Waals surface area contributed by atoms with E-state index in [0.717, 1.165) is 17.2 Å². The molecule has 1 saturated heterocycles. The topological polar surface area (TPSA) is 77.1 Å². The van der Waals surface area contributed by atoms with Gasteiger partial charge in [0.15, 0.2) is 0 Å². The Labute approximate surface area is 164 Å². The molecule has 2 aromatic rings. The largest absolute Gasteiger partial charge is 0.497 e. The van der Waals surface area contributed by atoms with E-state index in [4.69, 9.17) is 14.2 Å². The minimum Gasteiger partial charge on any atom is -0.497 e. The summed E-state index contributed by atoms with van der Waals surface area (Å²) in [6.45, 7) is 1.15. The first-order chi connectivity index (χ1) is 13.7. The van der Waals surface area contributed by atoms with E-state index in [1.807, 2.05) is 30.3 Å². The zero-order valence-corrected chi connectivity index (χ0v) is 15.8. The van der Waals surface area contributed by atoms with Gasteiger partial charge in [0.05, 0.1) is 26.8 Å². The number of ether oxygens (including phenoxy) is 3. The van der Waals surface area contributed by atoms with Crippen molar-refractivity contribution in [2.45, 2.75) is 18.9 Å². The molecule has 3 rings (SSSR count). The Morgan fingerprint density at radius 1 is 1.14 bits per heavy atom. The molecule has 1 fully saturated rings. The zero-order valence-electron chi connectivity index (χ0n) is 15.8. The summed E-state index contributed by atoms with van der Waals surface area (Å²) in [7, 11) is 1.59. The van der Waals surface area contributed by atoms with Crippen LogP contribution in [0.3, 0.4) is 0 Å². The molecule has 0 aliphatic carbocycles. The first-order valence-electron chi connectivity index (χ1n) is 9.22. The summed E-state index contributed by atoms with van der Waals surface area (Å²) < 4.78 is 16.0. The van der Waals surface area contributed by atoms with E-state index in [0.29, 0.717) is 26.0 Å². The van der Waals surface area contributed by atoms with E-state index in [1.165, 1.54) is 0 Å². The molecule has 0 bridgehead atoms. The quantitative estimate of drug-likeness (QED) is 0.673. The normalized spacial score (nSPS) is 15.8. The van der Waals surface area contributed by atoms with Gasteiger partial charge in [-0.05, 0) is 42.8 Å². The van der Waals surface area contributed by atoms with Crippen LogP contribution < -0.4 is 19.7 Å². The Morgan fingerprint density at radius 2 is 1.89 bits per heavy atom. The molecule has 2 amide bonds. The molecule has 28 heavy (non-hydrogen) atoms. The van der Waals surface area contributed by atoms with Gasteiger partial charge in [-0.25, -0.2) is 4.79 Å². The molecule has 0 radical (unpaired) electrons. The highest BCUT2D eigenvalue weighted by Gasteiger charge is 2.32. The predicted octanol–water partition coefficient (Wildman–Crippen LogP) is 3.00. The molecule has 0 aromatic heterocycles. The van der Waals surface area contributed by atoms with E-state index in [-0.39, 0.29) is 18.6 Å². The van der Waals surface area contributed by atoms with Crippen LogP contribution in [0.15, 0.2) is 54.6 Å². The Hall–Kier alpha value is -3.22. The molecule has 0 spiro atoms. The lowest BCUT2D eigenvalue weighted by Gasteiger charge is -2.13. The van der Waals surface area contributed by atoms with Gasteiger partial charge in [0.1, 0.15) is 17.6 Å². The molecule has 1 atom stereocenters. The lowest BCUT2D eigenvalue weighted by atomic mass is 10.2. The number of carbonyl (C=O) groups is 2. The molecule has 1 N–H and O–H groups in total. The molecule has 1 aliphatic heterocycles. The van der Waals surface area contributed by atoms with Crippen molar-refractivity contribution in [1.29, 1.82) is 0 Å². The van der Waals surface area contributed by atoms with Crippen LogP contribution in [0.4, 0.5) is 10.5 Å². The van der Waals surface area contributed by atoms with Crippen LogP contribution in [0.1, 0.15) is 12.8 Å². The van der Waals surface area contributed by atoms with Crippen LogP contribution >= 0.6 is 0 Å². The highest BCUT2D eigenvalue weighted by atomic mass is 16.6. The third kappa shape index (κ3) is 5.39. The van der Waals surface area contributed by atoms with Crippen molar-refractivity contribution in [3.8, 4) is 11.5 Å². The molecule has 7 heteroatoms. The Balaban J connectivity index is 1.36. The number of methoxy groups -OCH3 is 1. The van der Waals surface area contributed by atoms with Crippen LogP contribution in [0.25, 0.3) is 0 Å². The third-order valence-corrected chi connectivity index (χ3v) is 4.35. The SMILES string of the molecule is COc1ccc(N2CC(CNC(=O)CCCOc3ccccc3)OC2=O)cc1. The van der Waals surface area contributed by atoms with Gasteiger partial charge in [-0.3, -0.25) is 9.69 Å². The number of hydrogen-bond donors (Lipinski definition) is 1. The van der Waals surface area contributed by atoms with Gasteiger partial charge in [-0.1, -0.05) is 18.2 Å². The summed E-state index contributed by atoms with van der Waals surface area (Å²) in [5.74, 6) is 1.42. The second-order valence-corrected chi connectivity index (χ2v) is 6.38. The van der Waals surface area contributed by atoms with E-state index in [1.54, 1.807) is 36.3 Å². The van der Waals surface area contributed by atoms with Crippen LogP contribution in [0.5, 0.6) is 11.5 Å². The van der Waals surface area contributed by atoms with Gasteiger partial charge in [-0.15, -0.1) is 0 Å². The van der Waals surface area contributed by atoms with Crippen molar-refractivity contribution >= 4 is 17.7 Å². The molecule has 148 valence electrons. The second kappa shape index (κ2) is 9.64. The first-order valence-corrected chi connectivity index (χ1v) is 9.22. The van der Waals surface area contributed by atoms with Crippen molar-refractivity contribution < 1.29 is 23.8 Å². The smallest absolute Gasteiger partial charge is 0.414 e. The molecule has 2 aromatic carbocycles. The van der Waals surface area contributed by atoms with Crippen molar-refractivity contribution in [3.63, 3.8) is 0 Å². The summed E-state index contributed by atoms with van der Waals surface area (Å²) in [6.07, 6.45) is 0.179. The van der Waals surface area contributed by atoms with E-state index in [9.17, 15) is 9.59 Å². The van der Waals surface area contributed by atoms with Crippen LogP contribution in [-0.2, 0) is 9.53 Å². The second-order valence-electron chi connectivity index (χ2n) is 6.38. The number of nitrogens with one attached hydrogen (secondary N) is 1. The predicted molar refractivity (Wildman–Crippen MR) is 105 cm³/mol. The van der Waals surface area contributed by atoms with Gasteiger partial charge in [-0.2, -0.15) is 0 Å². The number of nitrogens with zero attached hydrogens (tertiary/aromatic N) is 1. The maximum Gasteiger partial charge on any atom is 0.414 e. The fourth-order valence-electron chi connectivity index (χ4n) is 2.86. The van der Waals surface area contributed by atoms with Gasteiger partial charge in [0.25, 0.3) is 0 Å². The van der Waals surface area contributed by atoms with Crippen molar-refractivity contribution in [2.24, 2.45) is 0 Å². The number of amides is 2. The van der Waals surface area contributed by atoms with E-state index < -0.39 is 6.09 Å². The lowest BCUT2D eigenvalue weighted by Crippen LogP contribution is -2.34. The van der Waals surface area contributed by atoms with Crippen molar-refractivity contribution in [1.82, 2.24) is 5.32 Å². The Kier molecular flexibility index (Phi) is 6.73. The number of carbonyl (C=O) groups excluding carboxylic acids is 2. The molecule has 7 nitrogen and oxygen atoms in total. The molecule has 1 unspecified atom stereocenters. The fourth-order valence-corrected chi connectivity index (χ4v) is 2.86. The third-order valence-electron chi connectivity index (χ3n) is 4.35. The number of rotatable bonds is 9. The van der Waals surface area contributed by atoms with Crippen LogP contribution in [-0.4, -0.2) is 44.9 Å². The van der Waals surface area contributed by atoms with Gasteiger partial charge < -0.3 is 19.5 Å². The minimum atomic E-state index is -0.416. The average molecular weight is 384 g/mol. The highest BCUT2D eigenvalue weighted by Crippen LogP contribution is 2.23. The van der Waals surface area contributed by atoms with E-state index in [2.05, 4.69) is 5.32 Å². The van der Waals surface area contributed by atoms with Crippen LogP contribution in [0.2, 0.25) is 0 Å². The molecule has 0 saturated carbocycles. The van der Waals surface area contributed by atoms with Crippen LogP contribution in [0, 0.1) is 0 Å². The molecule has 1 heterocycles. The number of cyclic esters (lactones) is 1. The first kappa shape index (κ1) is 19.5. The number of para-hydroxylation sites is 1. The zero-order chi connectivity index (χ0) is 19.8. The van der Waals surface area contributed by atoms with Gasteiger partial charge in [0.2, 0.25) is 5.91 Å². The summed E-state index contributed by atoms with van der Waals surface area (Å²) >= 11 is 0. The van der Waals surface area contributed by atoms with Crippen molar-refractivity contribution in [3.05, 3.63) is 54.6 Å². The highest BCUT2D eigenvalue weighted by molar-refractivity contribution is 5.89.